The summed E-state index contributed by atoms with van der Waals surface area (Å²) in [5, 5.41) is 10.8. The van der Waals surface area contributed by atoms with Crippen molar-refractivity contribution >= 4 is 6.09 Å². The van der Waals surface area contributed by atoms with Gasteiger partial charge in [-0.3, -0.25) is 0 Å². The molecule has 1 aliphatic heterocycles. The second-order valence-electron chi connectivity index (χ2n) is 8.19. The van der Waals surface area contributed by atoms with E-state index in [1.54, 1.807) is 4.90 Å². The lowest BCUT2D eigenvalue weighted by Gasteiger charge is -2.41. The van der Waals surface area contributed by atoms with Crippen molar-refractivity contribution in [3.05, 3.63) is 0 Å². The predicted octanol–water partition coefficient (Wildman–Crippen LogP) is 2.66. The van der Waals surface area contributed by atoms with Gasteiger partial charge in [0.05, 0.1) is 5.60 Å². The zero-order valence-corrected chi connectivity index (χ0v) is 14.3. The van der Waals surface area contributed by atoms with Crippen LogP contribution in [0.5, 0.6) is 0 Å². The molecule has 2 aliphatic rings. The van der Waals surface area contributed by atoms with Gasteiger partial charge in [-0.1, -0.05) is 12.8 Å². The van der Waals surface area contributed by atoms with Crippen LogP contribution in [0.3, 0.4) is 0 Å². The number of rotatable bonds is 2. The Morgan fingerprint density at radius 2 is 1.95 bits per heavy atom. The Bertz CT molecular complexity index is 384. The summed E-state index contributed by atoms with van der Waals surface area (Å²) in [6, 6.07) is 0.296. The predicted molar refractivity (Wildman–Crippen MR) is 86.5 cm³/mol. The second kappa shape index (κ2) is 6.75. The van der Waals surface area contributed by atoms with Crippen molar-refractivity contribution in [2.75, 3.05) is 13.1 Å². The lowest BCUT2D eigenvalue weighted by molar-refractivity contribution is -0.0482. The van der Waals surface area contributed by atoms with Crippen LogP contribution < -0.4 is 5.73 Å². The molecule has 2 atom stereocenters. The van der Waals surface area contributed by atoms with Gasteiger partial charge in [0.1, 0.15) is 5.60 Å². The van der Waals surface area contributed by atoms with E-state index in [2.05, 4.69) is 0 Å². The molecule has 0 aromatic heterocycles. The van der Waals surface area contributed by atoms with Crippen LogP contribution in [0.2, 0.25) is 0 Å². The van der Waals surface area contributed by atoms with E-state index in [1.807, 2.05) is 20.8 Å². The summed E-state index contributed by atoms with van der Waals surface area (Å²) in [6.45, 7) is 6.76. The van der Waals surface area contributed by atoms with E-state index in [0.717, 1.165) is 19.3 Å². The third kappa shape index (κ3) is 5.13. The first-order valence-corrected chi connectivity index (χ1v) is 8.63. The number of carbonyl (C=O) groups is 1. The first-order valence-electron chi connectivity index (χ1n) is 8.63. The summed E-state index contributed by atoms with van der Waals surface area (Å²) in [4.78, 5) is 13.8. The summed E-state index contributed by atoms with van der Waals surface area (Å²) in [5.74, 6) is 0.529. The monoisotopic (exact) mass is 312 g/mol. The molecule has 22 heavy (non-hydrogen) atoms. The highest BCUT2D eigenvalue weighted by atomic mass is 16.6. The van der Waals surface area contributed by atoms with Gasteiger partial charge in [-0.25, -0.2) is 4.79 Å². The zero-order chi connectivity index (χ0) is 16.4. The summed E-state index contributed by atoms with van der Waals surface area (Å²) in [5.41, 5.74) is 4.94. The van der Waals surface area contributed by atoms with E-state index in [9.17, 15) is 9.90 Å². The minimum Gasteiger partial charge on any atom is -0.444 e. The highest BCUT2D eigenvalue weighted by Crippen LogP contribution is 2.35. The summed E-state index contributed by atoms with van der Waals surface area (Å²) in [6.07, 6.45) is 6.31. The highest BCUT2D eigenvalue weighted by molar-refractivity contribution is 5.68. The number of nitrogens with zero attached hydrogens (tertiary/aromatic N) is 1. The standard InChI is InChI=1S/C17H32N2O3/c1-16(2,3)22-15(20)19-9-7-17(21,8-10-19)12-13-5-4-6-14(18)11-13/h13-14,21H,4-12,18H2,1-3H3/t13-,14+/m1/s1. The normalized spacial score (nSPS) is 29.2. The van der Waals surface area contributed by atoms with Gasteiger partial charge in [0.25, 0.3) is 0 Å². The fourth-order valence-corrected chi connectivity index (χ4v) is 3.69. The summed E-state index contributed by atoms with van der Waals surface area (Å²) < 4.78 is 5.40. The lowest BCUT2D eigenvalue weighted by atomic mass is 9.76. The number of aliphatic hydroxyl groups is 1. The SMILES string of the molecule is CC(C)(C)OC(=O)N1CCC(O)(C[C@@H]2CCC[C@H](N)C2)CC1. The number of piperidine rings is 1. The van der Waals surface area contributed by atoms with Crippen LogP contribution in [0.4, 0.5) is 4.79 Å². The number of amides is 1. The maximum atomic E-state index is 12.1. The molecule has 5 heteroatoms. The van der Waals surface area contributed by atoms with Gasteiger partial charge in [-0.15, -0.1) is 0 Å². The van der Waals surface area contributed by atoms with Crippen molar-refractivity contribution in [1.82, 2.24) is 4.90 Å². The molecule has 128 valence electrons. The molecule has 0 spiro atoms. The lowest BCUT2D eigenvalue weighted by Crippen LogP contribution is -2.49. The number of carbonyl (C=O) groups excluding carboxylic acids is 1. The molecule has 0 unspecified atom stereocenters. The Morgan fingerprint density at radius 3 is 2.50 bits per heavy atom. The molecular weight excluding hydrogens is 280 g/mol. The highest BCUT2D eigenvalue weighted by Gasteiger charge is 2.37. The Kier molecular flexibility index (Phi) is 5.38. The van der Waals surface area contributed by atoms with E-state index in [0.29, 0.717) is 37.9 Å². The van der Waals surface area contributed by atoms with Crippen molar-refractivity contribution in [1.29, 1.82) is 0 Å². The summed E-state index contributed by atoms with van der Waals surface area (Å²) >= 11 is 0. The average molecular weight is 312 g/mol. The van der Waals surface area contributed by atoms with Crippen LogP contribution in [-0.2, 0) is 4.74 Å². The van der Waals surface area contributed by atoms with Crippen LogP contribution in [0, 0.1) is 5.92 Å². The maximum absolute atomic E-state index is 12.1. The topological polar surface area (TPSA) is 75.8 Å². The van der Waals surface area contributed by atoms with Crippen LogP contribution in [0.1, 0.15) is 65.7 Å². The molecule has 1 saturated carbocycles. The average Bonchev–Trinajstić information content (AvgIpc) is 2.36. The minimum atomic E-state index is -0.639. The Balaban J connectivity index is 1.81. The molecule has 1 heterocycles. The third-order valence-corrected chi connectivity index (χ3v) is 4.84. The number of hydrogen-bond acceptors (Lipinski definition) is 4. The Hall–Kier alpha value is -0.810. The van der Waals surface area contributed by atoms with Crippen molar-refractivity contribution in [2.45, 2.75) is 83.0 Å². The van der Waals surface area contributed by atoms with Crippen molar-refractivity contribution < 1.29 is 14.6 Å². The largest absolute Gasteiger partial charge is 0.444 e. The van der Waals surface area contributed by atoms with E-state index in [-0.39, 0.29) is 6.09 Å². The maximum Gasteiger partial charge on any atom is 0.410 e. The van der Waals surface area contributed by atoms with Gasteiger partial charge < -0.3 is 20.5 Å². The van der Waals surface area contributed by atoms with Gasteiger partial charge in [-0.2, -0.15) is 0 Å². The van der Waals surface area contributed by atoms with E-state index >= 15 is 0 Å². The molecule has 2 fully saturated rings. The third-order valence-electron chi connectivity index (χ3n) is 4.84. The first kappa shape index (κ1) is 17.5. The Morgan fingerprint density at radius 1 is 1.32 bits per heavy atom. The molecule has 1 aliphatic carbocycles. The van der Waals surface area contributed by atoms with E-state index in [4.69, 9.17) is 10.5 Å². The first-order chi connectivity index (χ1) is 10.2. The molecule has 2 rings (SSSR count). The van der Waals surface area contributed by atoms with Gasteiger partial charge in [-0.05, 0) is 58.8 Å². The minimum absolute atomic E-state index is 0.269. The van der Waals surface area contributed by atoms with Crippen LogP contribution in [-0.4, -0.2) is 46.4 Å². The van der Waals surface area contributed by atoms with Crippen LogP contribution in [0.15, 0.2) is 0 Å². The van der Waals surface area contributed by atoms with E-state index < -0.39 is 11.2 Å². The Labute approximate surface area is 134 Å². The van der Waals surface area contributed by atoms with Gasteiger partial charge in [0, 0.05) is 19.1 Å². The molecule has 5 nitrogen and oxygen atoms in total. The number of hydrogen-bond donors (Lipinski definition) is 2. The number of nitrogens with two attached hydrogens (primary N) is 1. The molecule has 3 N–H and O–H groups in total. The fraction of sp³-hybridized carbons (Fsp3) is 0.941. The van der Waals surface area contributed by atoms with E-state index in [1.165, 1.54) is 12.8 Å². The van der Waals surface area contributed by atoms with Gasteiger partial charge in [0.2, 0.25) is 0 Å². The van der Waals surface area contributed by atoms with Crippen molar-refractivity contribution in [2.24, 2.45) is 11.7 Å². The smallest absolute Gasteiger partial charge is 0.410 e. The quantitative estimate of drug-likeness (QED) is 0.822. The van der Waals surface area contributed by atoms with Crippen molar-refractivity contribution in [3.63, 3.8) is 0 Å². The van der Waals surface area contributed by atoms with Crippen LogP contribution >= 0.6 is 0 Å². The zero-order valence-electron chi connectivity index (χ0n) is 14.3. The van der Waals surface area contributed by atoms with Gasteiger partial charge in [0.15, 0.2) is 0 Å². The molecule has 1 amide bonds. The fourth-order valence-electron chi connectivity index (χ4n) is 3.69. The molecule has 0 aromatic rings. The molecule has 0 radical (unpaired) electrons. The number of likely N-dealkylation sites (tertiary alicyclic amines) is 1. The van der Waals surface area contributed by atoms with Gasteiger partial charge >= 0.3 is 6.09 Å². The second-order valence-corrected chi connectivity index (χ2v) is 8.19. The molecule has 0 bridgehead atoms. The molecular formula is C17H32N2O3. The number of ether oxygens (including phenoxy) is 1. The molecule has 0 aromatic carbocycles. The molecule has 1 saturated heterocycles. The van der Waals surface area contributed by atoms with Crippen LogP contribution in [0.25, 0.3) is 0 Å². The van der Waals surface area contributed by atoms with Crippen molar-refractivity contribution in [3.8, 4) is 0 Å². The summed E-state index contributed by atoms with van der Waals surface area (Å²) in [7, 11) is 0.